The molecule has 0 N–H and O–H groups in total. The molecule has 3 aliphatic heterocycles. The summed E-state index contributed by atoms with van der Waals surface area (Å²) in [7, 11) is 0. The lowest BCUT2D eigenvalue weighted by Gasteiger charge is -2.22. The van der Waals surface area contributed by atoms with Crippen LogP contribution in [0.3, 0.4) is 0 Å². The fourth-order valence-corrected chi connectivity index (χ4v) is 8.06. The molecule has 3 heterocycles. The lowest BCUT2D eigenvalue weighted by molar-refractivity contribution is -0.147. The van der Waals surface area contributed by atoms with Gasteiger partial charge in [0.25, 0.3) is 0 Å². The van der Waals surface area contributed by atoms with E-state index in [1.165, 1.54) is 159 Å². The molecule has 0 saturated carbocycles. The number of esters is 1. The molecule has 8 nitrogen and oxygen atoms in total. The van der Waals surface area contributed by atoms with E-state index in [1.54, 1.807) is 0 Å². The summed E-state index contributed by atoms with van der Waals surface area (Å²) >= 11 is 0. The van der Waals surface area contributed by atoms with Crippen molar-refractivity contribution in [2.24, 2.45) is 11.8 Å². The van der Waals surface area contributed by atoms with Crippen molar-refractivity contribution in [3.05, 3.63) is 12.2 Å². The van der Waals surface area contributed by atoms with Crippen molar-refractivity contribution in [2.75, 3.05) is 46.0 Å². The van der Waals surface area contributed by atoms with E-state index in [1.807, 2.05) is 12.2 Å². The predicted molar refractivity (Wildman–Crippen MR) is 206 cm³/mol. The smallest absolute Gasteiger partial charge is 0.307 e. The van der Waals surface area contributed by atoms with Crippen LogP contribution in [0.2, 0.25) is 0 Å². The topological polar surface area (TPSA) is 85.4 Å². The molecule has 2 fully saturated rings. The predicted octanol–water partition coefficient (Wildman–Crippen LogP) is 9.58. The first kappa shape index (κ1) is 43.6. The van der Waals surface area contributed by atoms with Gasteiger partial charge in [-0.05, 0) is 25.9 Å². The first-order valence-corrected chi connectivity index (χ1v) is 21.7. The Morgan fingerprint density at radius 2 is 1.00 bits per heavy atom. The third-order valence-corrected chi connectivity index (χ3v) is 11.2. The Labute approximate surface area is 312 Å². The molecule has 294 valence electrons. The molecule has 4 atom stereocenters. The van der Waals surface area contributed by atoms with Crippen LogP contribution in [0.4, 0.5) is 0 Å². The molecular weight excluding hydrogens is 640 g/mol. The van der Waals surface area contributed by atoms with Crippen LogP contribution in [-0.4, -0.2) is 85.8 Å². The van der Waals surface area contributed by atoms with Crippen molar-refractivity contribution in [1.82, 2.24) is 9.80 Å². The first-order valence-electron chi connectivity index (χ1n) is 21.7. The number of hydrogen-bond acceptors (Lipinski definition) is 7. The number of imide groups is 1. The molecule has 2 saturated heterocycles. The summed E-state index contributed by atoms with van der Waals surface area (Å²) in [4.78, 5) is 41.7. The fraction of sp³-hybridized carbons (Fsp3) is 0.884. The highest BCUT2D eigenvalue weighted by atomic mass is 16.6. The SMILES string of the molecule is CCCCCCCCCCCCCCN(CCCCCCCCCCCCCC)CCOCCOC(=O)CCN1C(=O)C2C3C=CC(O3)C2C1=O. The molecule has 0 aromatic carbocycles. The third-order valence-electron chi connectivity index (χ3n) is 11.2. The zero-order valence-electron chi connectivity index (χ0n) is 32.9. The molecule has 2 bridgehead atoms. The van der Waals surface area contributed by atoms with Crippen LogP contribution in [-0.2, 0) is 28.6 Å². The Bertz CT molecular complexity index is 914. The van der Waals surface area contributed by atoms with E-state index in [0.29, 0.717) is 13.2 Å². The average Bonchev–Trinajstić information content (AvgIpc) is 3.82. The highest BCUT2D eigenvalue weighted by Gasteiger charge is 2.60. The Kier molecular flexibility index (Phi) is 23.8. The van der Waals surface area contributed by atoms with E-state index in [4.69, 9.17) is 14.2 Å². The van der Waals surface area contributed by atoms with Gasteiger partial charge in [-0.2, -0.15) is 0 Å². The standard InChI is InChI=1S/C43H76N2O6/c1-3-5-7-9-11-13-15-17-19-21-23-25-30-44(31-26-24-22-20-18-16-14-12-10-8-6-4-2)33-34-49-35-36-50-39(46)29-32-45-42(47)40-37-27-28-38(51-37)41(40)43(45)48/h27-28,37-38,40-41H,3-26,29-36H2,1-2H3. The van der Waals surface area contributed by atoms with E-state index >= 15 is 0 Å². The fourth-order valence-electron chi connectivity index (χ4n) is 8.06. The lowest BCUT2D eigenvalue weighted by Crippen LogP contribution is -2.36. The quantitative estimate of drug-likeness (QED) is 0.0280. The van der Waals surface area contributed by atoms with Gasteiger partial charge in [0.2, 0.25) is 11.8 Å². The second kappa shape index (κ2) is 27.8. The monoisotopic (exact) mass is 717 g/mol. The Morgan fingerprint density at radius 1 is 0.588 bits per heavy atom. The molecule has 3 aliphatic rings. The van der Waals surface area contributed by atoms with Gasteiger partial charge in [0.15, 0.2) is 0 Å². The largest absolute Gasteiger partial charge is 0.463 e. The minimum Gasteiger partial charge on any atom is -0.463 e. The van der Waals surface area contributed by atoms with E-state index in [2.05, 4.69) is 18.7 Å². The van der Waals surface area contributed by atoms with Crippen LogP contribution in [0, 0.1) is 11.8 Å². The van der Waals surface area contributed by atoms with Gasteiger partial charge in [-0.1, -0.05) is 167 Å². The van der Waals surface area contributed by atoms with Crippen LogP contribution in [0.1, 0.15) is 174 Å². The number of unbranched alkanes of at least 4 members (excludes halogenated alkanes) is 22. The molecular formula is C43H76N2O6. The van der Waals surface area contributed by atoms with Crippen molar-refractivity contribution >= 4 is 17.8 Å². The van der Waals surface area contributed by atoms with Crippen LogP contribution in [0.25, 0.3) is 0 Å². The number of carbonyl (C=O) groups excluding carboxylic acids is 3. The van der Waals surface area contributed by atoms with Crippen LogP contribution in [0.5, 0.6) is 0 Å². The maximum atomic E-state index is 12.8. The molecule has 3 rings (SSSR count). The van der Waals surface area contributed by atoms with Gasteiger partial charge in [0.05, 0.1) is 43.7 Å². The van der Waals surface area contributed by atoms with Gasteiger partial charge >= 0.3 is 5.97 Å². The van der Waals surface area contributed by atoms with Crippen molar-refractivity contribution in [3.8, 4) is 0 Å². The van der Waals surface area contributed by atoms with Gasteiger partial charge in [-0.25, -0.2) is 0 Å². The van der Waals surface area contributed by atoms with Crippen LogP contribution in [0.15, 0.2) is 12.2 Å². The van der Waals surface area contributed by atoms with Gasteiger partial charge < -0.3 is 19.1 Å². The summed E-state index contributed by atoms with van der Waals surface area (Å²) < 4.78 is 16.9. The maximum Gasteiger partial charge on any atom is 0.307 e. The molecule has 8 heteroatoms. The minimum absolute atomic E-state index is 0.00636. The molecule has 0 aliphatic carbocycles. The number of rotatable bonds is 35. The molecule has 51 heavy (non-hydrogen) atoms. The second-order valence-electron chi connectivity index (χ2n) is 15.5. The summed E-state index contributed by atoms with van der Waals surface area (Å²) in [6.07, 6.45) is 36.0. The van der Waals surface area contributed by atoms with Gasteiger partial charge in [0.1, 0.15) is 6.61 Å². The Balaban J connectivity index is 1.21. The number of hydrogen-bond donors (Lipinski definition) is 0. The highest BCUT2D eigenvalue weighted by molar-refractivity contribution is 6.06. The van der Waals surface area contributed by atoms with Gasteiger partial charge in [-0.15, -0.1) is 0 Å². The molecule has 0 aromatic rings. The summed E-state index contributed by atoms with van der Waals surface area (Å²) in [5.74, 6) is -1.73. The van der Waals surface area contributed by atoms with E-state index in [0.717, 1.165) is 19.6 Å². The van der Waals surface area contributed by atoms with Crippen molar-refractivity contribution < 1.29 is 28.6 Å². The van der Waals surface area contributed by atoms with E-state index in [-0.39, 0.29) is 43.6 Å². The summed E-state index contributed by atoms with van der Waals surface area (Å²) in [6, 6.07) is 0. The van der Waals surface area contributed by atoms with Crippen molar-refractivity contribution in [3.63, 3.8) is 0 Å². The summed E-state index contributed by atoms with van der Waals surface area (Å²) in [5.41, 5.74) is 0. The lowest BCUT2D eigenvalue weighted by atomic mass is 9.85. The maximum absolute atomic E-state index is 12.8. The molecule has 2 amide bonds. The number of ether oxygens (including phenoxy) is 3. The number of nitrogens with zero attached hydrogens (tertiary/aromatic N) is 2. The summed E-state index contributed by atoms with van der Waals surface area (Å²) in [5, 5.41) is 0. The molecule has 0 aromatic heterocycles. The minimum atomic E-state index is -0.434. The zero-order valence-corrected chi connectivity index (χ0v) is 32.9. The van der Waals surface area contributed by atoms with Crippen molar-refractivity contribution in [2.45, 2.75) is 187 Å². The Morgan fingerprint density at radius 3 is 1.43 bits per heavy atom. The number of fused-ring (bicyclic) bond motifs is 5. The second-order valence-corrected chi connectivity index (χ2v) is 15.5. The van der Waals surface area contributed by atoms with Gasteiger partial charge in [-0.3, -0.25) is 19.3 Å². The molecule has 4 unspecified atom stereocenters. The summed E-state index contributed by atoms with van der Waals surface area (Å²) in [6.45, 7) is 8.98. The van der Waals surface area contributed by atoms with E-state index < -0.39 is 17.8 Å². The Hall–Kier alpha value is -1.77. The number of carbonyl (C=O) groups is 3. The molecule has 0 spiro atoms. The van der Waals surface area contributed by atoms with Crippen LogP contribution >= 0.6 is 0 Å². The normalized spacial score (nSPS) is 20.7. The molecule has 0 radical (unpaired) electrons. The average molecular weight is 717 g/mol. The number of likely N-dealkylation sites (tertiary alicyclic amines) is 1. The van der Waals surface area contributed by atoms with Crippen molar-refractivity contribution in [1.29, 1.82) is 0 Å². The number of amides is 2. The van der Waals surface area contributed by atoms with E-state index in [9.17, 15) is 14.4 Å². The third kappa shape index (κ3) is 17.3. The zero-order chi connectivity index (χ0) is 36.4. The first-order chi connectivity index (χ1) is 25.1. The highest BCUT2D eigenvalue weighted by Crippen LogP contribution is 2.45. The van der Waals surface area contributed by atoms with Gasteiger partial charge in [0, 0.05) is 13.1 Å². The van der Waals surface area contributed by atoms with Crippen LogP contribution < -0.4 is 0 Å².